The van der Waals surface area contributed by atoms with Gasteiger partial charge >= 0.3 is 0 Å². The van der Waals surface area contributed by atoms with Gasteiger partial charge in [0.05, 0.1) is 17.5 Å². The molecule has 0 saturated carbocycles. The molecule has 3 N–H and O–H groups in total. The molecule has 0 atom stereocenters. The quantitative estimate of drug-likeness (QED) is 0.649. The molecule has 6 nitrogen and oxygen atoms in total. The van der Waals surface area contributed by atoms with E-state index in [1.165, 1.54) is 0 Å². The van der Waals surface area contributed by atoms with Crippen LogP contribution < -0.4 is 5.32 Å². The number of nitrogens with one attached hydrogen (secondary N) is 3. The summed E-state index contributed by atoms with van der Waals surface area (Å²) < 4.78 is 0. The number of anilines is 1. The van der Waals surface area contributed by atoms with Crippen molar-refractivity contribution in [3.05, 3.63) is 42.2 Å². The fraction of sp³-hybridized carbons (Fsp3) is 0.0833. The zero-order valence-electron chi connectivity index (χ0n) is 9.47. The molecule has 0 bridgehead atoms. The number of carbonyl (C=O) groups excluding carboxylic acids is 1. The van der Waals surface area contributed by atoms with Gasteiger partial charge in [-0.05, 0) is 18.2 Å². The average molecular weight is 241 g/mol. The fourth-order valence-corrected chi connectivity index (χ4v) is 1.74. The number of para-hydroxylation sites is 2. The number of imidazole rings is 1. The summed E-state index contributed by atoms with van der Waals surface area (Å²) in [6, 6.07) is 9.37. The molecular formula is C12H11N5O. The Labute approximate surface area is 102 Å². The van der Waals surface area contributed by atoms with Crippen LogP contribution in [0.25, 0.3) is 11.0 Å². The highest BCUT2D eigenvalue weighted by molar-refractivity contribution is 5.92. The summed E-state index contributed by atoms with van der Waals surface area (Å²) in [5, 5.41) is 9.24. The molecule has 18 heavy (non-hydrogen) atoms. The molecule has 6 heteroatoms. The number of nitrogens with zero attached hydrogens (tertiary/aromatic N) is 2. The molecule has 0 aliphatic rings. The van der Waals surface area contributed by atoms with E-state index in [1.807, 2.05) is 24.3 Å². The number of fused-ring (bicyclic) bond motifs is 1. The van der Waals surface area contributed by atoms with Crippen molar-refractivity contribution in [2.75, 3.05) is 5.32 Å². The summed E-state index contributed by atoms with van der Waals surface area (Å²) in [6.45, 7) is 0. The first kappa shape index (κ1) is 10.5. The maximum atomic E-state index is 11.7. The number of rotatable bonds is 3. The topological polar surface area (TPSA) is 86.5 Å². The van der Waals surface area contributed by atoms with Gasteiger partial charge in [-0.2, -0.15) is 5.10 Å². The minimum absolute atomic E-state index is 0.140. The van der Waals surface area contributed by atoms with E-state index in [-0.39, 0.29) is 12.3 Å². The Balaban J connectivity index is 1.74. The summed E-state index contributed by atoms with van der Waals surface area (Å²) in [5.41, 5.74) is 2.49. The minimum atomic E-state index is -0.140. The first-order valence-corrected chi connectivity index (χ1v) is 5.54. The number of amides is 1. The van der Waals surface area contributed by atoms with Crippen LogP contribution in [0.3, 0.4) is 0 Å². The third-order valence-corrected chi connectivity index (χ3v) is 2.56. The maximum Gasteiger partial charge on any atom is 0.232 e. The van der Waals surface area contributed by atoms with Crippen molar-refractivity contribution in [2.45, 2.75) is 6.42 Å². The smallest absolute Gasteiger partial charge is 0.232 e. The van der Waals surface area contributed by atoms with Gasteiger partial charge in [0.15, 0.2) is 0 Å². The number of aromatic amines is 2. The van der Waals surface area contributed by atoms with Gasteiger partial charge in [0.2, 0.25) is 11.9 Å². The van der Waals surface area contributed by atoms with Gasteiger partial charge in [-0.1, -0.05) is 12.1 Å². The molecule has 0 aliphatic heterocycles. The van der Waals surface area contributed by atoms with E-state index in [2.05, 4.69) is 25.5 Å². The van der Waals surface area contributed by atoms with Crippen molar-refractivity contribution in [3.8, 4) is 0 Å². The largest absolute Gasteiger partial charge is 0.324 e. The molecule has 2 aromatic heterocycles. The monoisotopic (exact) mass is 241 g/mol. The minimum Gasteiger partial charge on any atom is -0.324 e. The van der Waals surface area contributed by atoms with Crippen LogP contribution >= 0.6 is 0 Å². The predicted molar refractivity (Wildman–Crippen MR) is 67.0 cm³/mol. The summed E-state index contributed by atoms with van der Waals surface area (Å²) in [6.07, 6.45) is 1.86. The Morgan fingerprint density at radius 3 is 2.94 bits per heavy atom. The van der Waals surface area contributed by atoms with E-state index < -0.39 is 0 Å². The third kappa shape index (κ3) is 2.08. The molecular weight excluding hydrogens is 230 g/mol. The molecule has 1 aromatic carbocycles. The lowest BCUT2D eigenvalue weighted by Gasteiger charge is -1.99. The highest BCUT2D eigenvalue weighted by atomic mass is 16.1. The zero-order valence-corrected chi connectivity index (χ0v) is 9.47. The lowest BCUT2D eigenvalue weighted by molar-refractivity contribution is -0.115. The van der Waals surface area contributed by atoms with Crippen LogP contribution in [0.15, 0.2) is 36.5 Å². The molecule has 0 aliphatic carbocycles. The summed E-state index contributed by atoms with van der Waals surface area (Å²) in [5.74, 6) is 0.319. The fourth-order valence-electron chi connectivity index (χ4n) is 1.74. The van der Waals surface area contributed by atoms with Crippen molar-refractivity contribution in [2.24, 2.45) is 0 Å². The van der Waals surface area contributed by atoms with E-state index in [1.54, 1.807) is 12.3 Å². The summed E-state index contributed by atoms with van der Waals surface area (Å²) in [4.78, 5) is 19.0. The van der Waals surface area contributed by atoms with E-state index in [4.69, 9.17) is 0 Å². The van der Waals surface area contributed by atoms with Gasteiger partial charge in [-0.15, -0.1) is 0 Å². The van der Waals surface area contributed by atoms with Crippen molar-refractivity contribution in [1.82, 2.24) is 20.2 Å². The molecule has 0 spiro atoms. The predicted octanol–water partition coefficient (Wildman–Crippen LogP) is 1.47. The Morgan fingerprint density at radius 1 is 1.28 bits per heavy atom. The number of hydrogen-bond acceptors (Lipinski definition) is 3. The van der Waals surface area contributed by atoms with Crippen molar-refractivity contribution in [3.63, 3.8) is 0 Å². The number of hydrogen-bond donors (Lipinski definition) is 3. The van der Waals surface area contributed by atoms with Crippen LogP contribution in [-0.4, -0.2) is 26.1 Å². The second-order valence-electron chi connectivity index (χ2n) is 3.91. The standard InChI is InChI=1S/C12H11N5O/c18-11(7-8-5-6-13-17-8)16-12-14-9-3-1-2-4-10(9)15-12/h1-6H,7H2,(H,13,17)(H2,14,15,16,18). The van der Waals surface area contributed by atoms with Crippen molar-refractivity contribution < 1.29 is 4.79 Å². The molecule has 0 saturated heterocycles. The van der Waals surface area contributed by atoms with Crippen LogP contribution in [-0.2, 0) is 11.2 Å². The van der Waals surface area contributed by atoms with E-state index >= 15 is 0 Å². The second kappa shape index (κ2) is 4.33. The molecule has 3 aromatic rings. The van der Waals surface area contributed by atoms with Gasteiger partial charge in [-0.3, -0.25) is 15.2 Å². The average Bonchev–Trinajstić information content (AvgIpc) is 2.96. The van der Waals surface area contributed by atoms with Crippen LogP contribution in [0.1, 0.15) is 5.69 Å². The Morgan fingerprint density at radius 2 is 2.17 bits per heavy atom. The van der Waals surface area contributed by atoms with E-state index in [0.717, 1.165) is 16.7 Å². The number of H-pyrrole nitrogens is 2. The Bertz CT molecular complexity index is 638. The number of aromatic nitrogens is 4. The van der Waals surface area contributed by atoms with Crippen LogP contribution in [0.5, 0.6) is 0 Å². The SMILES string of the molecule is O=C(Cc1ccn[nH]1)Nc1nc2ccccc2[nH]1. The van der Waals surface area contributed by atoms with Crippen LogP contribution in [0.2, 0.25) is 0 Å². The normalized spacial score (nSPS) is 10.7. The number of benzene rings is 1. The lowest BCUT2D eigenvalue weighted by atomic mass is 10.3. The van der Waals surface area contributed by atoms with E-state index in [0.29, 0.717) is 5.95 Å². The molecule has 1 amide bonds. The molecule has 3 rings (SSSR count). The van der Waals surface area contributed by atoms with Gasteiger partial charge in [0, 0.05) is 11.9 Å². The molecule has 0 radical (unpaired) electrons. The third-order valence-electron chi connectivity index (χ3n) is 2.56. The highest BCUT2D eigenvalue weighted by Gasteiger charge is 2.08. The Hall–Kier alpha value is -2.63. The van der Waals surface area contributed by atoms with Crippen molar-refractivity contribution >= 4 is 22.9 Å². The van der Waals surface area contributed by atoms with Crippen LogP contribution in [0, 0.1) is 0 Å². The molecule has 2 heterocycles. The summed E-state index contributed by atoms with van der Waals surface area (Å²) in [7, 11) is 0. The van der Waals surface area contributed by atoms with Crippen molar-refractivity contribution in [1.29, 1.82) is 0 Å². The maximum absolute atomic E-state index is 11.7. The first-order chi connectivity index (χ1) is 8.81. The van der Waals surface area contributed by atoms with Gasteiger partial charge < -0.3 is 4.98 Å². The zero-order chi connectivity index (χ0) is 12.4. The lowest BCUT2D eigenvalue weighted by Crippen LogP contribution is -2.15. The summed E-state index contributed by atoms with van der Waals surface area (Å²) >= 11 is 0. The second-order valence-corrected chi connectivity index (χ2v) is 3.91. The molecule has 0 fully saturated rings. The van der Waals surface area contributed by atoms with Gasteiger partial charge in [-0.25, -0.2) is 4.98 Å². The molecule has 90 valence electrons. The first-order valence-electron chi connectivity index (χ1n) is 5.54. The highest BCUT2D eigenvalue weighted by Crippen LogP contribution is 2.13. The van der Waals surface area contributed by atoms with Gasteiger partial charge in [0.1, 0.15) is 0 Å². The Kier molecular flexibility index (Phi) is 2.53. The van der Waals surface area contributed by atoms with Gasteiger partial charge in [0.25, 0.3) is 0 Å². The number of carbonyl (C=O) groups is 1. The van der Waals surface area contributed by atoms with Crippen LogP contribution in [0.4, 0.5) is 5.95 Å². The van der Waals surface area contributed by atoms with E-state index in [9.17, 15) is 4.79 Å². The molecule has 0 unspecified atom stereocenters.